The Hall–Kier alpha value is -2.24. The number of rotatable bonds is 6. The van der Waals surface area contributed by atoms with Crippen LogP contribution in [-0.4, -0.2) is 49.2 Å². The maximum Gasteiger partial charge on any atom is 0.316 e. The molecule has 1 aromatic rings. The predicted octanol–water partition coefficient (Wildman–Crippen LogP) is 1.18. The number of carboxylic acid groups (broad SMARTS) is 1. The van der Waals surface area contributed by atoms with Gasteiger partial charge >= 0.3 is 5.97 Å². The highest BCUT2D eigenvalue weighted by Crippen LogP contribution is 2.28. The number of carboxylic acids is 1. The minimum absolute atomic E-state index is 0.289. The van der Waals surface area contributed by atoms with Gasteiger partial charge in [0.05, 0.1) is 14.2 Å². The molecule has 6 nitrogen and oxygen atoms in total. The van der Waals surface area contributed by atoms with Gasteiger partial charge in [0.15, 0.2) is 11.5 Å². The average molecular weight is 293 g/mol. The molecule has 1 amide bonds. The highest BCUT2D eigenvalue weighted by atomic mass is 16.5. The van der Waals surface area contributed by atoms with Gasteiger partial charge in [0.2, 0.25) is 5.91 Å². The third kappa shape index (κ3) is 3.26. The lowest BCUT2D eigenvalue weighted by atomic mass is 10.1. The Morgan fingerprint density at radius 2 is 2.05 bits per heavy atom. The number of benzene rings is 1. The fraction of sp³-hybridized carbons (Fsp3) is 0.467. The number of ether oxygens (including phenoxy) is 2. The van der Waals surface area contributed by atoms with E-state index in [0.29, 0.717) is 37.4 Å². The first kappa shape index (κ1) is 15.2. The van der Waals surface area contributed by atoms with Crippen LogP contribution in [0.2, 0.25) is 0 Å². The lowest BCUT2D eigenvalue weighted by Crippen LogP contribution is -2.31. The predicted molar refractivity (Wildman–Crippen MR) is 75.6 cm³/mol. The van der Waals surface area contributed by atoms with E-state index in [-0.39, 0.29) is 5.91 Å². The van der Waals surface area contributed by atoms with Crippen LogP contribution < -0.4 is 9.47 Å². The molecule has 21 heavy (non-hydrogen) atoms. The van der Waals surface area contributed by atoms with Gasteiger partial charge in [-0.15, -0.1) is 0 Å². The Morgan fingerprint density at radius 3 is 2.62 bits per heavy atom. The number of aliphatic carboxylic acids is 1. The van der Waals surface area contributed by atoms with Crippen LogP contribution in [0.3, 0.4) is 0 Å². The van der Waals surface area contributed by atoms with E-state index in [1.807, 2.05) is 18.2 Å². The smallest absolute Gasteiger partial charge is 0.316 e. The second kappa shape index (κ2) is 6.47. The summed E-state index contributed by atoms with van der Waals surface area (Å²) in [6, 6.07) is 5.60. The normalized spacial score (nSPS) is 17.9. The van der Waals surface area contributed by atoms with Crippen LogP contribution in [-0.2, 0) is 16.0 Å². The Labute approximate surface area is 123 Å². The summed E-state index contributed by atoms with van der Waals surface area (Å²) in [4.78, 5) is 24.4. The molecule has 2 rings (SSSR count). The Bertz CT molecular complexity index is 543. The molecule has 1 aliphatic heterocycles. The first-order valence-electron chi connectivity index (χ1n) is 6.79. The maximum atomic E-state index is 11.9. The van der Waals surface area contributed by atoms with Crippen molar-refractivity contribution in [3.63, 3.8) is 0 Å². The molecule has 1 unspecified atom stereocenters. The lowest BCUT2D eigenvalue weighted by Gasteiger charge is -2.16. The van der Waals surface area contributed by atoms with E-state index in [0.717, 1.165) is 5.56 Å². The summed E-state index contributed by atoms with van der Waals surface area (Å²) in [5, 5.41) is 8.93. The summed E-state index contributed by atoms with van der Waals surface area (Å²) < 4.78 is 10.4. The molecule has 0 aromatic heterocycles. The van der Waals surface area contributed by atoms with Gasteiger partial charge in [-0.25, -0.2) is 0 Å². The van der Waals surface area contributed by atoms with Crippen molar-refractivity contribution >= 4 is 11.9 Å². The molecular formula is C15H19NO5. The molecule has 0 radical (unpaired) electrons. The van der Waals surface area contributed by atoms with E-state index in [2.05, 4.69) is 0 Å². The summed E-state index contributed by atoms with van der Waals surface area (Å²) in [5.41, 5.74) is 1.01. The zero-order chi connectivity index (χ0) is 15.4. The van der Waals surface area contributed by atoms with Crippen molar-refractivity contribution in [3.05, 3.63) is 23.8 Å². The molecule has 1 N–H and O–H groups in total. The van der Waals surface area contributed by atoms with Gasteiger partial charge in [-0.1, -0.05) is 6.07 Å². The van der Waals surface area contributed by atoms with Gasteiger partial charge in [0, 0.05) is 13.1 Å². The molecule has 1 aliphatic rings. The number of nitrogens with zero attached hydrogens (tertiary/aromatic N) is 1. The first-order valence-corrected chi connectivity index (χ1v) is 6.79. The zero-order valence-electron chi connectivity index (χ0n) is 12.2. The standard InChI is InChI=1S/C15H19NO5/c1-20-12-4-3-10(9-13(12)21-2)5-7-16-8-6-11(14(16)17)15(18)19/h3-4,9,11H,5-8H2,1-2H3,(H,18,19). The van der Waals surface area contributed by atoms with Gasteiger partial charge in [-0.05, 0) is 30.5 Å². The number of hydrogen-bond donors (Lipinski definition) is 1. The molecule has 0 spiro atoms. The molecule has 0 aliphatic carbocycles. The Balaban J connectivity index is 1.98. The molecule has 1 heterocycles. The van der Waals surface area contributed by atoms with Crippen LogP contribution in [0.4, 0.5) is 0 Å². The van der Waals surface area contributed by atoms with E-state index in [4.69, 9.17) is 14.6 Å². The van der Waals surface area contributed by atoms with Crippen LogP contribution in [0, 0.1) is 5.92 Å². The molecule has 1 fully saturated rings. The van der Waals surface area contributed by atoms with E-state index in [9.17, 15) is 9.59 Å². The highest BCUT2D eigenvalue weighted by Gasteiger charge is 2.36. The fourth-order valence-electron chi connectivity index (χ4n) is 2.49. The highest BCUT2D eigenvalue weighted by molar-refractivity contribution is 5.98. The second-order valence-corrected chi connectivity index (χ2v) is 4.94. The first-order chi connectivity index (χ1) is 10.1. The topological polar surface area (TPSA) is 76.1 Å². The number of carbonyl (C=O) groups excluding carboxylic acids is 1. The van der Waals surface area contributed by atoms with Gasteiger partial charge in [0.1, 0.15) is 5.92 Å². The van der Waals surface area contributed by atoms with Crippen molar-refractivity contribution in [2.75, 3.05) is 27.3 Å². The fourth-order valence-corrected chi connectivity index (χ4v) is 2.49. The Kier molecular flexibility index (Phi) is 4.67. The minimum atomic E-state index is -1.03. The van der Waals surface area contributed by atoms with Crippen LogP contribution >= 0.6 is 0 Å². The van der Waals surface area contributed by atoms with E-state index in [1.54, 1.807) is 19.1 Å². The molecular weight excluding hydrogens is 274 g/mol. The van der Waals surface area contributed by atoms with Crippen molar-refractivity contribution in [1.82, 2.24) is 4.90 Å². The third-order valence-electron chi connectivity index (χ3n) is 3.71. The van der Waals surface area contributed by atoms with Crippen LogP contribution in [0.1, 0.15) is 12.0 Å². The molecule has 114 valence electrons. The van der Waals surface area contributed by atoms with E-state index < -0.39 is 11.9 Å². The maximum absolute atomic E-state index is 11.9. The number of methoxy groups -OCH3 is 2. The Morgan fingerprint density at radius 1 is 1.33 bits per heavy atom. The number of carbonyl (C=O) groups is 2. The molecule has 0 bridgehead atoms. The summed E-state index contributed by atoms with van der Waals surface area (Å²) in [6.45, 7) is 1.02. The molecule has 1 atom stereocenters. The molecule has 0 saturated carbocycles. The van der Waals surface area contributed by atoms with Crippen LogP contribution in [0.25, 0.3) is 0 Å². The minimum Gasteiger partial charge on any atom is -0.493 e. The van der Waals surface area contributed by atoms with Crippen molar-refractivity contribution in [3.8, 4) is 11.5 Å². The largest absolute Gasteiger partial charge is 0.493 e. The van der Waals surface area contributed by atoms with Crippen molar-refractivity contribution < 1.29 is 24.2 Å². The van der Waals surface area contributed by atoms with Gasteiger partial charge in [-0.3, -0.25) is 9.59 Å². The van der Waals surface area contributed by atoms with Crippen molar-refractivity contribution in [2.24, 2.45) is 5.92 Å². The number of likely N-dealkylation sites (tertiary alicyclic amines) is 1. The lowest BCUT2D eigenvalue weighted by molar-refractivity contribution is -0.147. The van der Waals surface area contributed by atoms with Gasteiger partial charge in [-0.2, -0.15) is 0 Å². The number of hydrogen-bond acceptors (Lipinski definition) is 4. The zero-order valence-corrected chi connectivity index (χ0v) is 12.2. The molecule has 1 aromatic carbocycles. The van der Waals surface area contributed by atoms with Crippen molar-refractivity contribution in [2.45, 2.75) is 12.8 Å². The summed E-state index contributed by atoms with van der Waals surface area (Å²) >= 11 is 0. The third-order valence-corrected chi connectivity index (χ3v) is 3.71. The molecule has 6 heteroatoms. The SMILES string of the molecule is COc1ccc(CCN2CCC(C(=O)O)C2=O)cc1OC. The van der Waals surface area contributed by atoms with E-state index >= 15 is 0 Å². The summed E-state index contributed by atoms with van der Waals surface area (Å²) in [6.07, 6.45) is 1.04. The van der Waals surface area contributed by atoms with Gasteiger partial charge < -0.3 is 19.5 Å². The summed E-state index contributed by atoms with van der Waals surface area (Å²) in [5.74, 6) is -0.900. The second-order valence-electron chi connectivity index (χ2n) is 4.94. The number of amides is 1. The average Bonchev–Trinajstić information content (AvgIpc) is 2.86. The molecule has 1 saturated heterocycles. The van der Waals surface area contributed by atoms with Crippen molar-refractivity contribution in [1.29, 1.82) is 0 Å². The van der Waals surface area contributed by atoms with Crippen LogP contribution in [0.15, 0.2) is 18.2 Å². The van der Waals surface area contributed by atoms with E-state index in [1.165, 1.54) is 0 Å². The summed E-state index contributed by atoms with van der Waals surface area (Å²) in [7, 11) is 3.15. The van der Waals surface area contributed by atoms with Gasteiger partial charge in [0.25, 0.3) is 0 Å². The quantitative estimate of drug-likeness (QED) is 0.797. The van der Waals surface area contributed by atoms with Crippen LogP contribution in [0.5, 0.6) is 11.5 Å². The monoisotopic (exact) mass is 293 g/mol.